The van der Waals surface area contributed by atoms with Crippen molar-refractivity contribution in [3.05, 3.63) is 23.8 Å². The second-order valence-corrected chi connectivity index (χ2v) is 1.99. The Bertz CT molecular complexity index is 327. The van der Waals surface area contributed by atoms with Crippen molar-refractivity contribution in [1.29, 1.82) is 0 Å². The van der Waals surface area contributed by atoms with Crippen molar-refractivity contribution in [2.45, 2.75) is 0 Å². The van der Waals surface area contributed by atoms with Crippen LogP contribution in [0.5, 0.6) is 0 Å². The molecule has 0 saturated heterocycles. The van der Waals surface area contributed by atoms with E-state index in [0.717, 1.165) is 0 Å². The Morgan fingerprint density at radius 3 is 2.92 bits per heavy atom. The Morgan fingerprint density at radius 2 is 2.42 bits per heavy atom. The van der Waals surface area contributed by atoms with E-state index in [0.29, 0.717) is 12.0 Å². The van der Waals surface area contributed by atoms with Gasteiger partial charge in [0, 0.05) is 0 Å². The number of rotatable bonds is 3. The Morgan fingerprint density at radius 1 is 1.67 bits per heavy atom. The van der Waals surface area contributed by atoms with E-state index < -0.39 is 5.97 Å². The summed E-state index contributed by atoms with van der Waals surface area (Å²) in [6, 6.07) is 0. The van der Waals surface area contributed by atoms with Crippen LogP contribution in [0.25, 0.3) is 6.08 Å². The molecule has 2 N–H and O–H groups in total. The van der Waals surface area contributed by atoms with Gasteiger partial charge in [0.15, 0.2) is 0 Å². The molecule has 0 spiro atoms. The van der Waals surface area contributed by atoms with E-state index in [1.807, 2.05) is 0 Å². The third-order valence-electron chi connectivity index (χ3n) is 1.15. The summed E-state index contributed by atoms with van der Waals surface area (Å²) in [5.74, 6) is -1.26. The van der Waals surface area contributed by atoms with E-state index in [2.05, 4.69) is 9.97 Å². The molecule has 0 aromatic carbocycles. The maximum absolute atomic E-state index is 10.3. The predicted octanol–water partition coefficient (Wildman–Crippen LogP) is 0.320. The number of allylic oxidation sites excluding steroid dienone is 1. The van der Waals surface area contributed by atoms with Crippen LogP contribution in [0.15, 0.2) is 12.3 Å². The highest BCUT2D eigenvalue weighted by Gasteiger charge is 2.04. The summed E-state index contributed by atoms with van der Waals surface area (Å²) >= 11 is 0. The number of carbonyl (C=O) groups is 2. The molecule has 1 rings (SSSR count). The number of aldehydes is 1. The molecule has 1 aromatic heterocycles. The molecule has 0 unspecified atom stereocenters. The lowest BCUT2D eigenvalue weighted by Gasteiger charge is -1.82. The largest absolute Gasteiger partial charge is 0.475 e. The van der Waals surface area contributed by atoms with Crippen molar-refractivity contribution in [3.63, 3.8) is 0 Å². The number of H-pyrrole nitrogens is 1. The van der Waals surface area contributed by atoms with Gasteiger partial charge in [0.05, 0.1) is 11.9 Å². The van der Waals surface area contributed by atoms with Gasteiger partial charge in [-0.3, -0.25) is 4.79 Å². The number of hydrogen-bond donors (Lipinski definition) is 2. The summed E-state index contributed by atoms with van der Waals surface area (Å²) in [5, 5.41) is 8.44. The molecule has 0 aliphatic carbocycles. The fourth-order valence-corrected chi connectivity index (χ4v) is 0.672. The first-order chi connectivity index (χ1) is 5.74. The van der Waals surface area contributed by atoms with E-state index >= 15 is 0 Å². The van der Waals surface area contributed by atoms with Crippen LogP contribution in [0.2, 0.25) is 0 Å². The van der Waals surface area contributed by atoms with Gasteiger partial charge in [0.25, 0.3) is 0 Å². The van der Waals surface area contributed by atoms with Crippen LogP contribution in [0.1, 0.15) is 16.3 Å². The minimum atomic E-state index is -1.12. The molecule has 0 atom stereocenters. The molecule has 0 aliphatic rings. The number of carboxylic acids is 1. The molecule has 0 amide bonds. The summed E-state index contributed by atoms with van der Waals surface area (Å²) in [5.41, 5.74) is 0.486. The first-order valence-electron chi connectivity index (χ1n) is 3.14. The van der Waals surface area contributed by atoms with E-state index in [1.165, 1.54) is 18.3 Å². The lowest BCUT2D eigenvalue weighted by Crippen LogP contribution is -1.98. The minimum Gasteiger partial charge on any atom is -0.475 e. The quantitative estimate of drug-likeness (QED) is 0.500. The number of aromatic carboxylic acids is 1. The smallest absolute Gasteiger partial charge is 0.371 e. The fourth-order valence-electron chi connectivity index (χ4n) is 0.672. The summed E-state index contributed by atoms with van der Waals surface area (Å²) in [4.78, 5) is 26.2. The van der Waals surface area contributed by atoms with Crippen molar-refractivity contribution in [1.82, 2.24) is 9.97 Å². The lowest BCUT2D eigenvalue weighted by molar-refractivity contribution is -0.104. The van der Waals surface area contributed by atoms with Crippen LogP contribution < -0.4 is 0 Å². The molecule has 5 heteroatoms. The van der Waals surface area contributed by atoms with Gasteiger partial charge in [-0.15, -0.1) is 0 Å². The number of aromatic amines is 1. The molecule has 0 saturated carbocycles. The summed E-state index contributed by atoms with van der Waals surface area (Å²) in [6.07, 6.45) is 4.62. The van der Waals surface area contributed by atoms with Gasteiger partial charge in [0.2, 0.25) is 5.82 Å². The SMILES string of the molecule is O=CC=Cc1cnc(C(=O)O)[nH]1. The standard InChI is InChI=1S/C7H6N2O3/c10-3-1-2-5-4-8-6(9-5)7(11)12/h1-4H,(H,8,9)(H,11,12). The zero-order chi connectivity index (χ0) is 8.97. The monoisotopic (exact) mass is 166 g/mol. The minimum absolute atomic E-state index is 0.138. The predicted molar refractivity (Wildman–Crippen MR) is 40.6 cm³/mol. The maximum Gasteiger partial charge on any atom is 0.371 e. The normalized spacial score (nSPS) is 10.3. The number of nitrogens with zero attached hydrogens (tertiary/aromatic N) is 1. The second kappa shape index (κ2) is 3.47. The second-order valence-electron chi connectivity index (χ2n) is 1.99. The number of nitrogens with one attached hydrogen (secondary N) is 1. The number of imidazole rings is 1. The van der Waals surface area contributed by atoms with Crippen molar-refractivity contribution in [3.8, 4) is 0 Å². The van der Waals surface area contributed by atoms with Crippen molar-refractivity contribution in [2.75, 3.05) is 0 Å². The average molecular weight is 166 g/mol. The van der Waals surface area contributed by atoms with E-state index in [9.17, 15) is 9.59 Å². The van der Waals surface area contributed by atoms with Crippen LogP contribution in [-0.4, -0.2) is 27.3 Å². The van der Waals surface area contributed by atoms with Gasteiger partial charge in [-0.2, -0.15) is 0 Å². The number of carboxylic acid groups (broad SMARTS) is 1. The Hall–Kier alpha value is -1.91. The highest BCUT2D eigenvalue weighted by Crippen LogP contribution is 1.98. The molecular weight excluding hydrogens is 160 g/mol. The summed E-state index contributed by atoms with van der Waals surface area (Å²) in [6.45, 7) is 0. The molecule has 5 nitrogen and oxygen atoms in total. The van der Waals surface area contributed by atoms with Gasteiger partial charge >= 0.3 is 5.97 Å². The van der Waals surface area contributed by atoms with E-state index in [-0.39, 0.29) is 5.82 Å². The summed E-state index contributed by atoms with van der Waals surface area (Å²) in [7, 11) is 0. The lowest BCUT2D eigenvalue weighted by atomic mass is 10.4. The molecule has 0 bridgehead atoms. The van der Waals surface area contributed by atoms with Crippen LogP contribution in [0.3, 0.4) is 0 Å². The van der Waals surface area contributed by atoms with Gasteiger partial charge in [-0.1, -0.05) is 0 Å². The molecule has 0 radical (unpaired) electrons. The Balaban J connectivity index is 2.84. The van der Waals surface area contributed by atoms with Crippen molar-refractivity contribution < 1.29 is 14.7 Å². The molecule has 0 aliphatic heterocycles. The first kappa shape index (κ1) is 8.19. The summed E-state index contributed by atoms with van der Waals surface area (Å²) < 4.78 is 0. The third kappa shape index (κ3) is 1.79. The number of hydrogen-bond acceptors (Lipinski definition) is 3. The number of carbonyl (C=O) groups excluding carboxylic acids is 1. The van der Waals surface area contributed by atoms with E-state index in [1.54, 1.807) is 0 Å². The topological polar surface area (TPSA) is 83.1 Å². The third-order valence-corrected chi connectivity index (χ3v) is 1.15. The van der Waals surface area contributed by atoms with Gasteiger partial charge in [-0.05, 0) is 12.2 Å². The zero-order valence-corrected chi connectivity index (χ0v) is 6.02. The van der Waals surface area contributed by atoms with Crippen LogP contribution in [0, 0.1) is 0 Å². The average Bonchev–Trinajstić information content (AvgIpc) is 2.48. The highest BCUT2D eigenvalue weighted by atomic mass is 16.4. The Kier molecular flexibility index (Phi) is 2.37. The Labute approximate surface area is 67.7 Å². The molecule has 0 fully saturated rings. The van der Waals surface area contributed by atoms with Crippen molar-refractivity contribution >= 4 is 18.3 Å². The maximum atomic E-state index is 10.3. The van der Waals surface area contributed by atoms with Crippen LogP contribution >= 0.6 is 0 Å². The number of aromatic nitrogens is 2. The molecule has 62 valence electrons. The molecular formula is C7H6N2O3. The highest BCUT2D eigenvalue weighted by molar-refractivity contribution is 5.83. The first-order valence-corrected chi connectivity index (χ1v) is 3.14. The van der Waals surface area contributed by atoms with Crippen LogP contribution in [-0.2, 0) is 4.79 Å². The molecule has 1 aromatic rings. The molecule has 1 heterocycles. The van der Waals surface area contributed by atoms with Gasteiger partial charge in [0.1, 0.15) is 6.29 Å². The fraction of sp³-hybridized carbons (Fsp3) is 0. The van der Waals surface area contributed by atoms with Crippen molar-refractivity contribution in [2.24, 2.45) is 0 Å². The van der Waals surface area contributed by atoms with Gasteiger partial charge in [-0.25, -0.2) is 9.78 Å². The van der Waals surface area contributed by atoms with Gasteiger partial charge < -0.3 is 10.1 Å². The van der Waals surface area contributed by atoms with Crippen LogP contribution in [0.4, 0.5) is 0 Å². The zero-order valence-electron chi connectivity index (χ0n) is 6.02. The van der Waals surface area contributed by atoms with E-state index in [4.69, 9.17) is 5.11 Å². The molecule has 12 heavy (non-hydrogen) atoms.